The van der Waals surface area contributed by atoms with Gasteiger partial charge in [-0.2, -0.15) is 0 Å². The third-order valence-corrected chi connectivity index (χ3v) is 4.70. The number of hydrogen-bond acceptors (Lipinski definition) is 5. The fraction of sp³-hybridized carbons (Fsp3) is 0.619. The van der Waals surface area contributed by atoms with Gasteiger partial charge in [0.15, 0.2) is 0 Å². The van der Waals surface area contributed by atoms with Crippen molar-refractivity contribution >= 4 is 12.1 Å². The van der Waals surface area contributed by atoms with Gasteiger partial charge in [0, 0.05) is 18.6 Å². The van der Waals surface area contributed by atoms with E-state index < -0.39 is 17.7 Å². The fourth-order valence-corrected chi connectivity index (χ4v) is 3.45. The minimum absolute atomic E-state index is 0.0862. The molecule has 0 aromatic heterocycles. The number of ether oxygens (including phenoxy) is 2. The molecule has 0 radical (unpaired) electrons. The van der Waals surface area contributed by atoms with E-state index in [2.05, 4.69) is 29.3 Å². The van der Waals surface area contributed by atoms with Crippen molar-refractivity contribution < 1.29 is 19.1 Å². The largest absolute Gasteiger partial charge is 0.465 e. The molecule has 0 aliphatic carbocycles. The SMILES string of the molecule is CCOC(=O)[C@@H]1C[C@@H](NC(=O)OC(C)(C)C)CCN1[C@@H](C)c1ccccc1. The van der Waals surface area contributed by atoms with Gasteiger partial charge in [-0.1, -0.05) is 30.3 Å². The second-order valence-corrected chi connectivity index (χ2v) is 7.96. The summed E-state index contributed by atoms with van der Waals surface area (Å²) >= 11 is 0. The first-order valence-electron chi connectivity index (χ1n) is 9.68. The van der Waals surface area contributed by atoms with Crippen molar-refractivity contribution in [3.63, 3.8) is 0 Å². The minimum atomic E-state index is -0.548. The van der Waals surface area contributed by atoms with Gasteiger partial charge in [-0.25, -0.2) is 4.79 Å². The Morgan fingerprint density at radius 2 is 1.93 bits per heavy atom. The predicted molar refractivity (Wildman–Crippen MR) is 104 cm³/mol. The van der Waals surface area contributed by atoms with Crippen LogP contribution in [0.4, 0.5) is 4.79 Å². The maximum Gasteiger partial charge on any atom is 0.407 e. The molecule has 2 rings (SSSR count). The highest BCUT2D eigenvalue weighted by molar-refractivity contribution is 5.76. The first kappa shape index (κ1) is 21.2. The lowest BCUT2D eigenvalue weighted by molar-refractivity contribution is -0.152. The van der Waals surface area contributed by atoms with Crippen molar-refractivity contribution in [2.24, 2.45) is 0 Å². The van der Waals surface area contributed by atoms with E-state index in [0.717, 1.165) is 12.0 Å². The smallest absolute Gasteiger partial charge is 0.407 e. The number of alkyl carbamates (subject to hydrolysis) is 1. The number of amides is 1. The molecule has 3 atom stereocenters. The van der Waals surface area contributed by atoms with Crippen LogP contribution in [0.5, 0.6) is 0 Å². The lowest BCUT2D eigenvalue weighted by Gasteiger charge is -2.41. The average molecular weight is 376 g/mol. The van der Waals surface area contributed by atoms with Gasteiger partial charge >= 0.3 is 12.1 Å². The van der Waals surface area contributed by atoms with E-state index in [1.165, 1.54) is 0 Å². The molecule has 0 spiro atoms. The molecule has 1 saturated heterocycles. The number of piperidine rings is 1. The maximum atomic E-state index is 12.6. The Labute approximate surface area is 162 Å². The zero-order valence-corrected chi connectivity index (χ0v) is 17.0. The Morgan fingerprint density at radius 3 is 2.52 bits per heavy atom. The first-order chi connectivity index (χ1) is 12.7. The molecule has 1 aliphatic rings. The number of carbonyl (C=O) groups is 2. The van der Waals surface area contributed by atoms with Crippen LogP contribution in [0, 0.1) is 0 Å². The van der Waals surface area contributed by atoms with Crippen LogP contribution in [0.1, 0.15) is 59.1 Å². The van der Waals surface area contributed by atoms with Gasteiger partial charge in [-0.05, 0) is 53.0 Å². The quantitative estimate of drug-likeness (QED) is 0.794. The van der Waals surface area contributed by atoms with Crippen molar-refractivity contribution in [3.8, 4) is 0 Å². The highest BCUT2D eigenvalue weighted by Gasteiger charge is 2.38. The third kappa shape index (κ3) is 6.24. The van der Waals surface area contributed by atoms with E-state index in [1.807, 2.05) is 45.9 Å². The third-order valence-electron chi connectivity index (χ3n) is 4.70. The summed E-state index contributed by atoms with van der Waals surface area (Å²) in [5.41, 5.74) is 0.609. The highest BCUT2D eigenvalue weighted by Crippen LogP contribution is 2.29. The zero-order valence-electron chi connectivity index (χ0n) is 17.0. The van der Waals surface area contributed by atoms with Crippen molar-refractivity contribution in [2.75, 3.05) is 13.2 Å². The predicted octanol–water partition coefficient (Wildman–Crippen LogP) is 3.67. The first-order valence-corrected chi connectivity index (χ1v) is 9.68. The molecule has 6 heteroatoms. The molecule has 1 fully saturated rings. The Hall–Kier alpha value is -2.08. The Morgan fingerprint density at radius 1 is 1.26 bits per heavy atom. The van der Waals surface area contributed by atoms with Gasteiger partial charge in [-0.3, -0.25) is 9.69 Å². The van der Waals surface area contributed by atoms with Gasteiger partial charge < -0.3 is 14.8 Å². The molecular formula is C21H32N2O4. The zero-order chi connectivity index (χ0) is 20.0. The second-order valence-electron chi connectivity index (χ2n) is 7.96. The monoisotopic (exact) mass is 376 g/mol. The van der Waals surface area contributed by atoms with Crippen LogP contribution in [-0.2, 0) is 14.3 Å². The van der Waals surface area contributed by atoms with E-state index in [0.29, 0.717) is 19.6 Å². The number of benzene rings is 1. The Kier molecular flexibility index (Phi) is 7.25. The molecule has 6 nitrogen and oxygen atoms in total. The molecule has 1 aromatic rings. The fourth-order valence-electron chi connectivity index (χ4n) is 3.45. The van der Waals surface area contributed by atoms with Crippen molar-refractivity contribution in [3.05, 3.63) is 35.9 Å². The molecule has 1 aliphatic heterocycles. The molecule has 27 heavy (non-hydrogen) atoms. The molecule has 150 valence electrons. The van der Waals surface area contributed by atoms with Crippen LogP contribution in [0.3, 0.4) is 0 Å². The number of rotatable bonds is 5. The minimum Gasteiger partial charge on any atom is -0.465 e. The van der Waals surface area contributed by atoms with Gasteiger partial charge in [0.05, 0.1) is 6.61 Å². The van der Waals surface area contributed by atoms with Crippen molar-refractivity contribution in [1.29, 1.82) is 0 Å². The highest BCUT2D eigenvalue weighted by atomic mass is 16.6. The van der Waals surface area contributed by atoms with Crippen LogP contribution in [0.25, 0.3) is 0 Å². The molecule has 0 saturated carbocycles. The number of hydrogen-bond donors (Lipinski definition) is 1. The van der Waals surface area contributed by atoms with E-state index in [1.54, 1.807) is 0 Å². The number of likely N-dealkylation sites (tertiary alicyclic amines) is 1. The summed E-state index contributed by atoms with van der Waals surface area (Å²) < 4.78 is 10.7. The Bertz CT molecular complexity index is 627. The summed E-state index contributed by atoms with van der Waals surface area (Å²) in [4.78, 5) is 26.9. The van der Waals surface area contributed by atoms with Gasteiger partial charge in [0.2, 0.25) is 0 Å². The van der Waals surface area contributed by atoms with Gasteiger partial charge in [0.1, 0.15) is 11.6 Å². The van der Waals surface area contributed by atoms with E-state index in [9.17, 15) is 9.59 Å². The molecule has 1 amide bonds. The van der Waals surface area contributed by atoms with Crippen LogP contribution >= 0.6 is 0 Å². The maximum absolute atomic E-state index is 12.6. The summed E-state index contributed by atoms with van der Waals surface area (Å²) in [5.74, 6) is -0.240. The number of nitrogens with zero attached hydrogens (tertiary/aromatic N) is 1. The van der Waals surface area contributed by atoms with E-state index in [4.69, 9.17) is 9.47 Å². The van der Waals surface area contributed by atoms with Gasteiger partial charge in [0.25, 0.3) is 0 Å². The van der Waals surface area contributed by atoms with E-state index in [-0.39, 0.29) is 18.1 Å². The molecule has 1 aromatic carbocycles. The topological polar surface area (TPSA) is 67.9 Å². The molecule has 1 N–H and O–H groups in total. The second kappa shape index (κ2) is 9.22. The van der Waals surface area contributed by atoms with Crippen LogP contribution in [0.15, 0.2) is 30.3 Å². The summed E-state index contributed by atoms with van der Waals surface area (Å²) in [6.07, 6.45) is 0.821. The summed E-state index contributed by atoms with van der Waals surface area (Å²) in [5, 5.41) is 2.91. The standard InChI is InChI=1S/C21H32N2O4/c1-6-26-19(24)18-14-17(22-20(25)27-21(3,4)5)12-13-23(18)15(2)16-10-8-7-9-11-16/h7-11,15,17-18H,6,12-14H2,1-5H3,(H,22,25)/t15-,17-,18-/m0/s1. The number of carbonyl (C=O) groups excluding carboxylic acids is 2. The van der Waals surface area contributed by atoms with Gasteiger partial charge in [-0.15, -0.1) is 0 Å². The molecular weight excluding hydrogens is 344 g/mol. The van der Waals surface area contributed by atoms with E-state index >= 15 is 0 Å². The number of nitrogens with one attached hydrogen (secondary N) is 1. The lowest BCUT2D eigenvalue weighted by atomic mass is 9.93. The molecule has 0 bridgehead atoms. The summed E-state index contributed by atoms with van der Waals surface area (Å²) in [6, 6.07) is 9.70. The summed E-state index contributed by atoms with van der Waals surface area (Å²) in [7, 11) is 0. The molecule has 1 heterocycles. The van der Waals surface area contributed by atoms with Crippen LogP contribution in [0.2, 0.25) is 0 Å². The Balaban J connectivity index is 2.09. The van der Waals surface area contributed by atoms with Crippen LogP contribution < -0.4 is 5.32 Å². The molecule has 0 unspecified atom stereocenters. The lowest BCUT2D eigenvalue weighted by Crippen LogP contribution is -2.54. The normalized spacial score (nSPS) is 22.0. The van der Waals surface area contributed by atoms with Crippen molar-refractivity contribution in [1.82, 2.24) is 10.2 Å². The average Bonchev–Trinajstić information content (AvgIpc) is 2.60. The summed E-state index contributed by atoms with van der Waals surface area (Å²) in [6.45, 7) is 10.4. The van der Waals surface area contributed by atoms with Crippen molar-refractivity contribution in [2.45, 2.75) is 71.2 Å². The van der Waals surface area contributed by atoms with Crippen LogP contribution in [-0.4, -0.2) is 47.8 Å². The number of esters is 1.